The topological polar surface area (TPSA) is 33.1 Å². The van der Waals surface area contributed by atoms with Gasteiger partial charge >= 0.3 is 0 Å². The first kappa shape index (κ1) is 8.48. The van der Waals surface area contributed by atoms with Crippen LogP contribution in [0.25, 0.3) is 10.8 Å². The minimum Gasteiger partial charge on any atom is -0.390 e. The summed E-state index contributed by atoms with van der Waals surface area (Å²) in [6.07, 6.45) is 1.72. The first-order valence-corrected chi connectivity index (χ1v) is 4.32. The molecule has 1 heterocycles. The van der Waals surface area contributed by atoms with Crippen LogP contribution in [0.5, 0.6) is 0 Å². The predicted molar refractivity (Wildman–Crippen MR) is 52.7 cm³/mol. The van der Waals surface area contributed by atoms with E-state index >= 15 is 0 Å². The van der Waals surface area contributed by atoms with Crippen LogP contribution in [-0.2, 0) is 6.61 Å². The zero-order valence-electron chi connectivity index (χ0n) is 6.87. The van der Waals surface area contributed by atoms with Gasteiger partial charge in [0.1, 0.15) is 0 Å². The Bertz CT molecular complexity index is 442. The molecule has 1 N–H and O–H groups in total. The van der Waals surface area contributed by atoms with Crippen molar-refractivity contribution in [1.82, 2.24) is 4.98 Å². The standard InChI is InChI=1S/C10H8ClNO/c11-9-2-1-7-4-10(6-13)12-5-8(7)3-9/h1-5,13H,6H2. The molecule has 0 amide bonds. The van der Waals surface area contributed by atoms with Crippen molar-refractivity contribution in [2.75, 3.05) is 0 Å². The third-order valence-corrected chi connectivity index (χ3v) is 2.14. The normalized spacial score (nSPS) is 10.6. The van der Waals surface area contributed by atoms with Gasteiger partial charge in [-0.05, 0) is 23.6 Å². The van der Waals surface area contributed by atoms with Crippen molar-refractivity contribution in [2.24, 2.45) is 0 Å². The molecule has 0 aliphatic heterocycles. The lowest BCUT2D eigenvalue weighted by atomic mass is 10.1. The molecule has 0 spiro atoms. The summed E-state index contributed by atoms with van der Waals surface area (Å²) in [6, 6.07) is 7.44. The summed E-state index contributed by atoms with van der Waals surface area (Å²) in [5.41, 5.74) is 0.676. The smallest absolute Gasteiger partial charge is 0.0853 e. The number of halogens is 1. The van der Waals surface area contributed by atoms with Gasteiger partial charge in [0.2, 0.25) is 0 Å². The summed E-state index contributed by atoms with van der Waals surface area (Å²) < 4.78 is 0. The van der Waals surface area contributed by atoms with Gasteiger partial charge in [0, 0.05) is 16.6 Å². The number of hydrogen-bond donors (Lipinski definition) is 1. The molecule has 0 saturated heterocycles. The molecular formula is C10H8ClNO. The Hall–Kier alpha value is -1.12. The molecule has 0 bridgehead atoms. The summed E-state index contributed by atoms with van der Waals surface area (Å²) in [7, 11) is 0. The zero-order valence-corrected chi connectivity index (χ0v) is 7.62. The SMILES string of the molecule is OCc1cc2ccc(Cl)cc2cn1. The summed E-state index contributed by atoms with van der Waals surface area (Å²) in [4.78, 5) is 4.06. The molecule has 0 aliphatic carbocycles. The van der Waals surface area contributed by atoms with E-state index in [0.717, 1.165) is 10.8 Å². The van der Waals surface area contributed by atoms with Crippen molar-refractivity contribution >= 4 is 22.4 Å². The minimum absolute atomic E-state index is 0.0292. The van der Waals surface area contributed by atoms with Crippen molar-refractivity contribution in [3.05, 3.63) is 41.2 Å². The van der Waals surface area contributed by atoms with Gasteiger partial charge in [-0.3, -0.25) is 4.98 Å². The molecule has 13 heavy (non-hydrogen) atoms. The highest BCUT2D eigenvalue weighted by Gasteiger charge is 1.97. The lowest BCUT2D eigenvalue weighted by Crippen LogP contribution is -1.87. The summed E-state index contributed by atoms with van der Waals surface area (Å²) in [5, 5.41) is 11.6. The molecule has 2 aromatic rings. The van der Waals surface area contributed by atoms with E-state index in [4.69, 9.17) is 16.7 Å². The average molecular weight is 194 g/mol. The van der Waals surface area contributed by atoms with Gasteiger partial charge in [0.25, 0.3) is 0 Å². The quantitative estimate of drug-likeness (QED) is 0.755. The van der Waals surface area contributed by atoms with Crippen LogP contribution in [0.1, 0.15) is 5.69 Å². The summed E-state index contributed by atoms with van der Waals surface area (Å²) in [6.45, 7) is -0.0292. The molecule has 3 heteroatoms. The van der Waals surface area contributed by atoms with Crippen LogP contribution in [0.3, 0.4) is 0 Å². The van der Waals surface area contributed by atoms with E-state index in [-0.39, 0.29) is 6.61 Å². The predicted octanol–water partition coefficient (Wildman–Crippen LogP) is 2.38. The highest BCUT2D eigenvalue weighted by molar-refractivity contribution is 6.31. The van der Waals surface area contributed by atoms with Crippen molar-refractivity contribution in [1.29, 1.82) is 0 Å². The number of hydrogen-bond acceptors (Lipinski definition) is 2. The van der Waals surface area contributed by atoms with Crippen molar-refractivity contribution in [2.45, 2.75) is 6.61 Å². The van der Waals surface area contributed by atoms with Crippen LogP contribution in [0.4, 0.5) is 0 Å². The number of fused-ring (bicyclic) bond motifs is 1. The number of aliphatic hydroxyl groups excluding tert-OH is 1. The van der Waals surface area contributed by atoms with E-state index < -0.39 is 0 Å². The monoisotopic (exact) mass is 193 g/mol. The van der Waals surface area contributed by atoms with Crippen LogP contribution in [0.2, 0.25) is 5.02 Å². The van der Waals surface area contributed by atoms with Crippen molar-refractivity contribution < 1.29 is 5.11 Å². The number of nitrogens with zero attached hydrogens (tertiary/aromatic N) is 1. The van der Waals surface area contributed by atoms with E-state index in [1.807, 2.05) is 24.3 Å². The molecule has 0 saturated carbocycles. The molecule has 0 fully saturated rings. The number of benzene rings is 1. The largest absolute Gasteiger partial charge is 0.390 e. The second-order valence-corrected chi connectivity index (χ2v) is 3.26. The number of aromatic nitrogens is 1. The van der Waals surface area contributed by atoms with E-state index in [9.17, 15) is 0 Å². The van der Waals surface area contributed by atoms with E-state index in [1.165, 1.54) is 0 Å². The highest BCUT2D eigenvalue weighted by Crippen LogP contribution is 2.18. The maximum Gasteiger partial charge on any atom is 0.0853 e. The van der Waals surface area contributed by atoms with Crippen LogP contribution in [-0.4, -0.2) is 10.1 Å². The Balaban J connectivity index is 2.66. The molecule has 0 unspecified atom stereocenters. The number of pyridine rings is 1. The fourth-order valence-corrected chi connectivity index (χ4v) is 1.43. The van der Waals surface area contributed by atoms with Crippen molar-refractivity contribution in [3.63, 3.8) is 0 Å². The van der Waals surface area contributed by atoms with Gasteiger partial charge in [0.15, 0.2) is 0 Å². The minimum atomic E-state index is -0.0292. The van der Waals surface area contributed by atoms with Gasteiger partial charge in [-0.15, -0.1) is 0 Å². The van der Waals surface area contributed by atoms with Gasteiger partial charge < -0.3 is 5.11 Å². The van der Waals surface area contributed by atoms with Gasteiger partial charge in [0.05, 0.1) is 12.3 Å². The molecule has 66 valence electrons. The molecule has 1 aromatic carbocycles. The third kappa shape index (κ3) is 1.64. The highest BCUT2D eigenvalue weighted by atomic mass is 35.5. The summed E-state index contributed by atoms with van der Waals surface area (Å²) in [5.74, 6) is 0. The first-order valence-electron chi connectivity index (χ1n) is 3.94. The fourth-order valence-electron chi connectivity index (χ4n) is 1.24. The molecule has 2 nitrogen and oxygen atoms in total. The van der Waals surface area contributed by atoms with Gasteiger partial charge in [-0.2, -0.15) is 0 Å². The lowest BCUT2D eigenvalue weighted by Gasteiger charge is -1.99. The number of rotatable bonds is 1. The van der Waals surface area contributed by atoms with Gasteiger partial charge in [-0.1, -0.05) is 17.7 Å². The average Bonchev–Trinajstić information content (AvgIpc) is 2.17. The lowest BCUT2D eigenvalue weighted by molar-refractivity contribution is 0.277. The first-order chi connectivity index (χ1) is 6.29. The Kier molecular flexibility index (Phi) is 2.17. The molecule has 2 rings (SSSR count). The summed E-state index contributed by atoms with van der Waals surface area (Å²) >= 11 is 5.82. The van der Waals surface area contributed by atoms with E-state index in [2.05, 4.69) is 4.98 Å². The fraction of sp³-hybridized carbons (Fsp3) is 0.100. The van der Waals surface area contributed by atoms with Crippen molar-refractivity contribution in [3.8, 4) is 0 Å². The molecular weight excluding hydrogens is 186 g/mol. The molecule has 1 aromatic heterocycles. The Morgan fingerprint density at radius 1 is 1.23 bits per heavy atom. The Morgan fingerprint density at radius 3 is 2.85 bits per heavy atom. The third-order valence-electron chi connectivity index (χ3n) is 1.90. The van der Waals surface area contributed by atoms with Crippen LogP contribution >= 0.6 is 11.6 Å². The maximum atomic E-state index is 8.86. The number of aliphatic hydroxyl groups is 1. The van der Waals surface area contributed by atoms with E-state index in [1.54, 1.807) is 6.20 Å². The van der Waals surface area contributed by atoms with Gasteiger partial charge in [-0.25, -0.2) is 0 Å². The van der Waals surface area contributed by atoms with Crippen LogP contribution in [0.15, 0.2) is 30.5 Å². The zero-order chi connectivity index (χ0) is 9.26. The Morgan fingerprint density at radius 2 is 2.08 bits per heavy atom. The molecule has 0 radical (unpaired) electrons. The van der Waals surface area contributed by atoms with Crippen LogP contribution in [0, 0.1) is 0 Å². The van der Waals surface area contributed by atoms with E-state index in [0.29, 0.717) is 10.7 Å². The second-order valence-electron chi connectivity index (χ2n) is 2.83. The molecule has 0 atom stereocenters. The maximum absolute atomic E-state index is 8.86. The molecule has 0 aliphatic rings. The van der Waals surface area contributed by atoms with Crippen LogP contribution < -0.4 is 0 Å². The Labute approximate surface area is 80.8 Å². The second kappa shape index (κ2) is 3.32.